The molecule has 0 aliphatic heterocycles. The molecule has 148 valence electrons. The van der Waals surface area contributed by atoms with Gasteiger partial charge in [0.25, 0.3) is 0 Å². The van der Waals surface area contributed by atoms with E-state index in [1.165, 1.54) is 17.7 Å². The number of nitriles is 1. The summed E-state index contributed by atoms with van der Waals surface area (Å²) in [5, 5.41) is 10.2. The predicted molar refractivity (Wildman–Crippen MR) is 112 cm³/mol. The van der Waals surface area contributed by atoms with Crippen LogP contribution < -0.4 is 0 Å². The van der Waals surface area contributed by atoms with Crippen LogP contribution in [0.3, 0.4) is 0 Å². The molecule has 0 N–H and O–H groups in total. The fourth-order valence-electron chi connectivity index (χ4n) is 4.48. The van der Waals surface area contributed by atoms with Crippen molar-refractivity contribution in [3.05, 3.63) is 71.5 Å². The highest BCUT2D eigenvalue weighted by atomic mass is 19.1. The van der Waals surface area contributed by atoms with E-state index in [2.05, 4.69) is 55.1 Å². The zero-order valence-corrected chi connectivity index (χ0v) is 17.1. The van der Waals surface area contributed by atoms with Crippen LogP contribution in [0.15, 0.2) is 54.6 Å². The predicted octanol–water partition coefficient (Wildman–Crippen LogP) is 6.08. The molecule has 2 aromatic rings. The second kappa shape index (κ2) is 9.34. The third-order valence-electron chi connectivity index (χ3n) is 6.33. The number of rotatable bonds is 10. The minimum atomic E-state index is -0.479. The molecule has 2 nitrogen and oxygen atoms in total. The fourth-order valence-corrected chi connectivity index (χ4v) is 4.48. The maximum atomic E-state index is 13.4. The molecule has 0 radical (unpaired) electrons. The molecule has 1 fully saturated rings. The highest BCUT2D eigenvalue weighted by Gasteiger charge is 2.47. The molecule has 1 saturated carbocycles. The van der Waals surface area contributed by atoms with E-state index in [9.17, 15) is 9.65 Å². The Kier molecular flexibility index (Phi) is 6.86. The Hall–Kier alpha value is -2.18. The van der Waals surface area contributed by atoms with Gasteiger partial charge in [0.15, 0.2) is 0 Å². The van der Waals surface area contributed by atoms with Gasteiger partial charge < -0.3 is 0 Å². The Morgan fingerprint density at radius 1 is 1.11 bits per heavy atom. The zero-order chi connectivity index (χ0) is 20.0. The van der Waals surface area contributed by atoms with Crippen LogP contribution in [-0.2, 0) is 12.0 Å². The van der Waals surface area contributed by atoms with Crippen molar-refractivity contribution in [2.75, 3.05) is 6.54 Å². The van der Waals surface area contributed by atoms with Crippen LogP contribution in [0.1, 0.15) is 57.1 Å². The smallest absolute Gasteiger partial charge is 0.123 e. The first kappa shape index (κ1) is 20.6. The Morgan fingerprint density at radius 2 is 1.79 bits per heavy atom. The van der Waals surface area contributed by atoms with Crippen molar-refractivity contribution in [2.24, 2.45) is 5.92 Å². The second-order valence-corrected chi connectivity index (χ2v) is 8.01. The molecule has 0 saturated heterocycles. The van der Waals surface area contributed by atoms with Crippen molar-refractivity contribution in [1.29, 1.82) is 5.26 Å². The van der Waals surface area contributed by atoms with Crippen LogP contribution in [-0.4, -0.2) is 17.5 Å². The lowest BCUT2D eigenvalue weighted by molar-refractivity contribution is 0.171. The van der Waals surface area contributed by atoms with Gasteiger partial charge in [-0.1, -0.05) is 56.3 Å². The van der Waals surface area contributed by atoms with Gasteiger partial charge >= 0.3 is 0 Å². The molecule has 3 heteroatoms. The van der Waals surface area contributed by atoms with Gasteiger partial charge in [0, 0.05) is 12.6 Å². The van der Waals surface area contributed by atoms with Crippen LogP contribution in [0.25, 0.3) is 0 Å². The van der Waals surface area contributed by atoms with Crippen LogP contribution in [0.2, 0.25) is 0 Å². The van der Waals surface area contributed by atoms with Gasteiger partial charge in [0.1, 0.15) is 5.82 Å². The standard InChI is InChI=1S/C25H31FN2/c1-3-24(28(4-2)18-20-8-6-5-7-9-20)16-17-25(19-27,21-10-11-21)22-12-14-23(26)15-13-22/h5-9,12-15,21,24H,3-4,10-11,16-18H2,1-2H3. The summed E-state index contributed by atoms with van der Waals surface area (Å²) in [4.78, 5) is 2.52. The van der Waals surface area contributed by atoms with Crippen molar-refractivity contribution in [1.82, 2.24) is 4.90 Å². The van der Waals surface area contributed by atoms with Crippen molar-refractivity contribution in [2.45, 2.75) is 64.0 Å². The molecule has 0 amide bonds. The van der Waals surface area contributed by atoms with E-state index in [0.717, 1.165) is 50.8 Å². The van der Waals surface area contributed by atoms with Crippen molar-refractivity contribution >= 4 is 0 Å². The molecule has 2 atom stereocenters. The molecule has 0 heterocycles. The summed E-state index contributed by atoms with van der Waals surface area (Å²) in [6.45, 7) is 6.38. The maximum absolute atomic E-state index is 13.4. The summed E-state index contributed by atoms with van der Waals surface area (Å²) >= 11 is 0. The fraction of sp³-hybridized carbons (Fsp3) is 0.480. The summed E-state index contributed by atoms with van der Waals surface area (Å²) in [6.07, 6.45) is 5.09. The van der Waals surface area contributed by atoms with Crippen LogP contribution >= 0.6 is 0 Å². The lowest BCUT2D eigenvalue weighted by atomic mass is 9.73. The van der Waals surface area contributed by atoms with Crippen LogP contribution in [0.5, 0.6) is 0 Å². The average molecular weight is 379 g/mol. The maximum Gasteiger partial charge on any atom is 0.123 e. The van der Waals surface area contributed by atoms with Gasteiger partial charge in [-0.05, 0) is 67.8 Å². The molecule has 1 aliphatic rings. The van der Waals surface area contributed by atoms with Crippen molar-refractivity contribution in [3.63, 3.8) is 0 Å². The van der Waals surface area contributed by atoms with Crippen molar-refractivity contribution < 1.29 is 4.39 Å². The van der Waals surface area contributed by atoms with E-state index in [0.29, 0.717) is 12.0 Å². The summed E-state index contributed by atoms with van der Waals surface area (Å²) in [5.74, 6) is 0.169. The van der Waals surface area contributed by atoms with Crippen LogP contribution in [0, 0.1) is 23.1 Å². The molecule has 0 aromatic heterocycles. The highest BCUT2D eigenvalue weighted by Crippen LogP contribution is 2.50. The molecule has 2 aromatic carbocycles. The first-order chi connectivity index (χ1) is 13.6. The monoisotopic (exact) mass is 378 g/mol. The van der Waals surface area contributed by atoms with E-state index in [4.69, 9.17) is 0 Å². The summed E-state index contributed by atoms with van der Waals surface area (Å²) in [7, 11) is 0. The minimum absolute atomic E-state index is 0.238. The van der Waals surface area contributed by atoms with Gasteiger partial charge in [-0.25, -0.2) is 4.39 Å². The molecule has 2 unspecified atom stereocenters. The number of hydrogen-bond acceptors (Lipinski definition) is 2. The summed E-state index contributed by atoms with van der Waals surface area (Å²) < 4.78 is 13.4. The quantitative estimate of drug-likeness (QED) is 0.501. The molecule has 0 bridgehead atoms. The second-order valence-electron chi connectivity index (χ2n) is 8.01. The number of hydrogen-bond donors (Lipinski definition) is 0. The van der Waals surface area contributed by atoms with Gasteiger partial charge in [-0.15, -0.1) is 0 Å². The Bertz CT molecular complexity index is 776. The van der Waals surface area contributed by atoms with Gasteiger partial charge in [-0.2, -0.15) is 5.26 Å². The Balaban J connectivity index is 1.75. The summed E-state index contributed by atoms with van der Waals surface area (Å²) in [5.41, 5.74) is 1.84. The van der Waals surface area contributed by atoms with E-state index in [1.54, 1.807) is 0 Å². The highest BCUT2D eigenvalue weighted by molar-refractivity contribution is 5.35. The molecule has 3 rings (SSSR count). The van der Waals surface area contributed by atoms with Crippen LogP contribution in [0.4, 0.5) is 4.39 Å². The number of nitrogens with zero attached hydrogens (tertiary/aromatic N) is 2. The van der Waals surface area contributed by atoms with Gasteiger partial charge in [-0.3, -0.25) is 4.90 Å². The first-order valence-corrected chi connectivity index (χ1v) is 10.6. The van der Waals surface area contributed by atoms with E-state index < -0.39 is 5.41 Å². The molecule has 0 spiro atoms. The van der Waals surface area contributed by atoms with E-state index in [-0.39, 0.29) is 5.82 Å². The van der Waals surface area contributed by atoms with E-state index in [1.807, 2.05) is 12.1 Å². The van der Waals surface area contributed by atoms with Crippen molar-refractivity contribution in [3.8, 4) is 6.07 Å². The Morgan fingerprint density at radius 3 is 2.32 bits per heavy atom. The number of benzene rings is 2. The van der Waals surface area contributed by atoms with E-state index >= 15 is 0 Å². The van der Waals surface area contributed by atoms with Gasteiger partial charge in [0.05, 0.1) is 11.5 Å². The minimum Gasteiger partial charge on any atom is -0.296 e. The molecular formula is C25H31FN2. The third kappa shape index (κ3) is 4.62. The lowest BCUT2D eigenvalue weighted by Gasteiger charge is -2.34. The topological polar surface area (TPSA) is 27.0 Å². The lowest BCUT2D eigenvalue weighted by Crippen LogP contribution is -2.37. The SMILES string of the molecule is CCC(CCC(C#N)(c1ccc(F)cc1)C1CC1)N(CC)Cc1ccccc1. The number of halogens is 1. The zero-order valence-electron chi connectivity index (χ0n) is 17.1. The Labute approximate surface area is 169 Å². The van der Waals surface area contributed by atoms with Gasteiger partial charge in [0.2, 0.25) is 0 Å². The molecule has 1 aliphatic carbocycles. The largest absolute Gasteiger partial charge is 0.296 e. The first-order valence-electron chi connectivity index (χ1n) is 10.6. The molecule has 28 heavy (non-hydrogen) atoms. The molecular weight excluding hydrogens is 347 g/mol. The normalized spacial score (nSPS) is 17.1. The third-order valence-corrected chi connectivity index (χ3v) is 6.33. The average Bonchev–Trinajstić information content (AvgIpc) is 3.58. The summed E-state index contributed by atoms with van der Waals surface area (Å²) in [6, 6.07) is 20.3.